The van der Waals surface area contributed by atoms with Crippen LogP contribution >= 0.6 is 0 Å². The van der Waals surface area contributed by atoms with E-state index in [9.17, 15) is 19.7 Å². The van der Waals surface area contributed by atoms with Crippen LogP contribution in [0.25, 0.3) is 0 Å². The first-order valence-electron chi connectivity index (χ1n) is 4.61. The number of nitro groups is 1. The molecule has 1 aromatic carbocycles. The maximum Gasteiger partial charge on any atom is 0.319 e. The molecule has 1 N–H and O–H groups in total. The molecule has 1 unspecified atom stereocenters. The first-order chi connectivity index (χ1) is 8.02. The number of nitrogens with zero attached hydrogens (tertiary/aromatic N) is 2. The highest BCUT2D eigenvalue weighted by atomic mass is 16.6. The third kappa shape index (κ3) is 1.67. The number of aliphatic carboxylic acids is 1. The summed E-state index contributed by atoms with van der Waals surface area (Å²) in [6.45, 7) is 0. The average molecular weight is 234 g/mol. The summed E-state index contributed by atoms with van der Waals surface area (Å²) in [7, 11) is 0. The predicted octanol–water partition coefficient (Wildman–Crippen LogP) is 1.19. The van der Waals surface area contributed by atoms with E-state index in [1.165, 1.54) is 12.1 Å². The van der Waals surface area contributed by atoms with E-state index in [0.29, 0.717) is 0 Å². The number of carboxylic acids is 1. The number of nitro benzene ring substituents is 1. The number of Topliss-reactive ketones (excluding diaryl/α,β-unsaturated/α-hetero) is 1. The second-order valence-corrected chi connectivity index (χ2v) is 3.39. The van der Waals surface area contributed by atoms with Crippen LogP contribution in [-0.4, -0.2) is 28.0 Å². The van der Waals surface area contributed by atoms with Gasteiger partial charge in [-0.15, -0.1) is 0 Å². The molecule has 0 bridgehead atoms. The van der Waals surface area contributed by atoms with Crippen molar-refractivity contribution in [2.75, 3.05) is 0 Å². The summed E-state index contributed by atoms with van der Waals surface area (Å²) in [5.74, 6) is -3.64. The van der Waals surface area contributed by atoms with Crippen LogP contribution in [0.3, 0.4) is 0 Å². The Morgan fingerprint density at radius 3 is 2.76 bits per heavy atom. The highest BCUT2D eigenvalue weighted by Gasteiger charge is 2.35. The van der Waals surface area contributed by atoms with Crippen LogP contribution < -0.4 is 0 Å². The zero-order valence-corrected chi connectivity index (χ0v) is 8.36. The van der Waals surface area contributed by atoms with Crippen molar-refractivity contribution in [3.8, 4) is 0 Å². The van der Waals surface area contributed by atoms with E-state index in [2.05, 4.69) is 4.99 Å². The minimum absolute atomic E-state index is 0.127. The maximum absolute atomic E-state index is 11.8. The number of hydrogen-bond donors (Lipinski definition) is 1. The monoisotopic (exact) mass is 234 g/mol. The standard InChI is InChI=1S/C10H6N2O5/c13-9-5(10(14)15)4-11-6-2-1-3-7(8(6)9)12(16)17/h1-5H,(H,14,15). The lowest BCUT2D eigenvalue weighted by Gasteiger charge is -2.13. The molecule has 0 spiro atoms. The van der Waals surface area contributed by atoms with Crippen molar-refractivity contribution in [2.24, 2.45) is 10.9 Å². The van der Waals surface area contributed by atoms with Crippen molar-refractivity contribution in [3.63, 3.8) is 0 Å². The Hall–Kier alpha value is -2.57. The van der Waals surface area contributed by atoms with Crippen LogP contribution in [0.1, 0.15) is 10.4 Å². The number of aliphatic imine (C=N–C) groups is 1. The average Bonchev–Trinajstić information content (AvgIpc) is 2.28. The van der Waals surface area contributed by atoms with E-state index in [1.54, 1.807) is 0 Å². The maximum atomic E-state index is 11.8. The first kappa shape index (κ1) is 10.9. The summed E-state index contributed by atoms with van der Waals surface area (Å²) in [4.78, 5) is 36.4. The second-order valence-electron chi connectivity index (χ2n) is 3.39. The number of fused-ring (bicyclic) bond motifs is 1. The fraction of sp³-hybridized carbons (Fsp3) is 0.100. The van der Waals surface area contributed by atoms with Crippen LogP contribution in [0.15, 0.2) is 23.2 Å². The molecular formula is C10H6N2O5. The zero-order chi connectivity index (χ0) is 12.6. The van der Waals surface area contributed by atoms with Crippen molar-refractivity contribution in [1.29, 1.82) is 0 Å². The highest BCUT2D eigenvalue weighted by Crippen LogP contribution is 2.33. The Morgan fingerprint density at radius 2 is 2.18 bits per heavy atom. The van der Waals surface area contributed by atoms with Gasteiger partial charge in [0.25, 0.3) is 5.69 Å². The van der Waals surface area contributed by atoms with Gasteiger partial charge in [-0.25, -0.2) is 0 Å². The summed E-state index contributed by atoms with van der Waals surface area (Å²) in [6.07, 6.45) is 0.983. The van der Waals surface area contributed by atoms with Gasteiger partial charge in [0.15, 0.2) is 11.7 Å². The molecule has 1 heterocycles. The van der Waals surface area contributed by atoms with Crippen LogP contribution in [-0.2, 0) is 4.79 Å². The summed E-state index contributed by atoms with van der Waals surface area (Å²) in [5.41, 5.74) is -0.537. The van der Waals surface area contributed by atoms with Crippen LogP contribution in [0.5, 0.6) is 0 Å². The predicted molar refractivity (Wildman–Crippen MR) is 56.7 cm³/mol. The molecule has 0 amide bonds. The van der Waals surface area contributed by atoms with Gasteiger partial charge < -0.3 is 5.11 Å². The quantitative estimate of drug-likeness (QED) is 0.469. The van der Waals surface area contributed by atoms with Crippen molar-refractivity contribution >= 4 is 29.3 Å². The number of ketones is 1. The number of carbonyl (C=O) groups excluding carboxylic acids is 1. The summed E-state index contributed by atoms with van der Waals surface area (Å²) >= 11 is 0. The van der Waals surface area contributed by atoms with E-state index < -0.39 is 28.3 Å². The fourth-order valence-electron chi connectivity index (χ4n) is 1.59. The molecule has 1 aromatic rings. The zero-order valence-electron chi connectivity index (χ0n) is 8.36. The molecule has 7 heteroatoms. The van der Waals surface area contributed by atoms with Gasteiger partial charge in [0.1, 0.15) is 5.56 Å². The van der Waals surface area contributed by atoms with Gasteiger partial charge in [0.05, 0.1) is 10.6 Å². The minimum atomic E-state index is -1.46. The molecule has 1 atom stereocenters. The molecule has 86 valence electrons. The third-order valence-electron chi connectivity index (χ3n) is 2.37. The van der Waals surface area contributed by atoms with E-state index >= 15 is 0 Å². The van der Waals surface area contributed by atoms with E-state index in [-0.39, 0.29) is 11.3 Å². The number of carboxylic acid groups (broad SMARTS) is 1. The Labute approximate surface area is 94.6 Å². The highest BCUT2D eigenvalue weighted by molar-refractivity contribution is 6.23. The Bertz CT molecular complexity index is 564. The van der Waals surface area contributed by atoms with Gasteiger partial charge in [0.2, 0.25) is 0 Å². The number of hydrogen-bond acceptors (Lipinski definition) is 5. The topological polar surface area (TPSA) is 110 Å². The van der Waals surface area contributed by atoms with E-state index in [4.69, 9.17) is 5.11 Å². The lowest BCUT2D eigenvalue weighted by Crippen LogP contribution is -2.28. The molecule has 0 saturated heterocycles. The van der Waals surface area contributed by atoms with Gasteiger partial charge in [-0.3, -0.25) is 24.7 Å². The van der Waals surface area contributed by atoms with E-state index in [0.717, 1.165) is 12.3 Å². The van der Waals surface area contributed by atoms with Crippen LogP contribution in [0.4, 0.5) is 11.4 Å². The van der Waals surface area contributed by atoms with Gasteiger partial charge in [0, 0.05) is 12.3 Å². The molecule has 17 heavy (non-hydrogen) atoms. The summed E-state index contributed by atoms with van der Waals surface area (Å²) in [6, 6.07) is 3.97. The molecule has 0 saturated carbocycles. The normalized spacial score (nSPS) is 17.6. The number of benzene rings is 1. The molecule has 0 aromatic heterocycles. The molecule has 0 radical (unpaired) electrons. The lowest BCUT2D eigenvalue weighted by molar-refractivity contribution is -0.385. The van der Waals surface area contributed by atoms with Crippen molar-refractivity contribution in [2.45, 2.75) is 0 Å². The van der Waals surface area contributed by atoms with Gasteiger partial charge in [-0.05, 0) is 6.07 Å². The third-order valence-corrected chi connectivity index (χ3v) is 2.37. The van der Waals surface area contributed by atoms with E-state index in [1.807, 2.05) is 0 Å². The fourth-order valence-corrected chi connectivity index (χ4v) is 1.59. The van der Waals surface area contributed by atoms with Gasteiger partial charge in [-0.2, -0.15) is 0 Å². The Morgan fingerprint density at radius 1 is 1.47 bits per heavy atom. The van der Waals surface area contributed by atoms with Crippen LogP contribution in [0.2, 0.25) is 0 Å². The summed E-state index contributed by atoms with van der Waals surface area (Å²) in [5, 5.41) is 19.5. The number of rotatable bonds is 2. The van der Waals surface area contributed by atoms with Crippen molar-refractivity contribution in [3.05, 3.63) is 33.9 Å². The SMILES string of the molecule is O=C(O)C1C=Nc2cccc([N+](=O)[O-])c2C1=O. The largest absolute Gasteiger partial charge is 0.480 e. The van der Waals surface area contributed by atoms with Gasteiger partial charge in [-0.1, -0.05) is 6.07 Å². The first-order valence-corrected chi connectivity index (χ1v) is 4.61. The Kier molecular flexibility index (Phi) is 2.43. The molecule has 1 aliphatic heterocycles. The molecule has 1 aliphatic rings. The van der Waals surface area contributed by atoms with Crippen LogP contribution in [0, 0.1) is 16.0 Å². The minimum Gasteiger partial charge on any atom is -0.480 e. The lowest BCUT2D eigenvalue weighted by atomic mass is 9.93. The molecule has 0 aliphatic carbocycles. The summed E-state index contributed by atoms with van der Waals surface area (Å²) < 4.78 is 0. The van der Waals surface area contributed by atoms with Crippen molar-refractivity contribution in [1.82, 2.24) is 0 Å². The van der Waals surface area contributed by atoms with Crippen molar-refractivity contribution < 1.29 is 19.6 Å². The molecule has 2 rings (SSSR count). The molecule has 7 nitrogen and oxygen atoms in total. The second kappa shape index (κ2) is 3.78. The van der Waals surface area contributed by atoms with Gasteiger partial charge >= 0.3 is 5.97 Å². The smallest absolute Gasteiger partial charge is 0.319 e. The molecule has 0 fully saturated rings. The Balaban J connectivity index is 2.64. The molecular weight excluding hydrogens is 228 g/mol. The number of carbonyl (C=O) groups is 2.